The molecule has 0 fully saturated rings. The summed E-state index contributed by atoms with van der Waals surface area (Å²) in [6.45, 7) is 0.188. The molecule has 26 heavy (non-hydrogen) atoms. The minimum absolute atomic E-state index is 0.156. The molecule has 0 aliphatic rings. The number of amides is 1. The van der Waals surface area contributed by atoms with Crippen LogP contribution in [0.25, 0.3) is 10.2 Å². The van der Waals surface area contributed by atoms with Gasteiger partial charge in [-0.25, -0.2) is 4.98 Å². The molecule has 1 amide bonds. The largest absolute Gasteiger partial charge is 0.484 e. The van der Waals surface area contributed by atoms with Gasteiger partial charge in [0.15, 0.2) is 0 Å². The Bertz CT molecular complexity index is 907. The van der Waals surface area contributed by atoms with E-state index in [2.05, 4.69) is 4.98 Å². The van der Waals surface area contributed by atoms with Crippen LogP contribution in [0.2, 0.25) is 0 Å². The second-order valence-corrected chi connectivity index (χ2v) is 6.55. The van der Waals surface area contributed by atoms with Crippen molar-refractivity contribution in [3.63, 3.8) is 0 Å². The molecule has 134 valence electrons. The van der Waals surface area contributed by atoms with Crippen LogP contribution < -0.4 is 9.80 Å². The van der Waals surface area contributed by atoms with Gasteiger partial charge < -0.3 is 9.84 Å². The zero-order valence-corrected chi connectivity index (χ0v) is 14.5. The first-order chi connectivity index (χ1) is 12.5. The Hall–Kier alpha value is -2.97. The number of aromatic nitrogens is 1. The average molecular weight is 372 g/mol. The standard InChI is InChI=1S/C18H16N2O5S/c21-17(9-10-18(22)23)20(24)13-6-2-3-7-14(13)25-11-16-19-12-5-1-4-8-15(12)26-16/h1-8,24H,9-11H2,(H,22,23). The van der Waals surface area contributed by atoms with Crippen LogP contribution in [0.3, 0.4) is 0 Å². The zero-order valence-electron chi connectivity index (χ0n) is 13.7. The summed E-state index contributed by atoms with van der Waals surface area (Å²) in [6.07, 6.45) is -0.664. The number of fused-ring (bicyclic) bond motifs is 1. The van der Waals surface area contributed by atoms with E-state index in [0.717, 1.165) is 15.2 Å². The molecule has 8 heteroatoms. The second kappa shape index (κ2) is 7.94. The summed E-state index contributed by atoms with van der Waals surface area (Å²) in [4.78, 5) is 27.0. The molecule has 3 rings (SSSR count). The summed E-state index contributed by atoms with van der Waals surface area (Å²) >= 11 is 1.50. The fraction of sp³-hybridized carbons (Fsp3) is 0.167. The number of carbonyl (C=O) groups is 2. The number of thiazole rings is 1. The summed E-state index contributed by atoms with van der Waals surface area (Å²) < 4.78 is 6.78. The van der Waals surface area contributed by atoms with Crippen molar-refractivity contribution in [2.24, 2.45) is 0 Å². The van der Waals surface area contributed by atoms with Gasteiger partial charge in [-0.1, -0.05) is 24.3 Å². The SMILES string of the molecule is O=C(O)CCC(=O)N(O)c1ccccc1OCc1nc2ccccc2s1. The zero-order chi connectivity index (χ0) is 18.5. The van der Waals surface area contributed by atoms with Gasteiger partial charge in [0, 0.05) is 6.42 Å². The number of anilines is 1. The number of benzene rings is 2. The number of hydrogen-bond donors (Lipinski definition) is 2. The molecule has 0 spiro atoms. The lowest BCUT2D eigenvalue weighted by Gasteiger charge is -2.18. The molecule has 0 aliphatic heterocycles. The molecule has 2 N–H and O–H groups in total. The molecule has 0 unspecified atom stereocenters. The number of carboxylic acid groups (broad SMARTS) is 1. The first-order valence-electron chi connectivity index (χ1n) is 7.84. The number of ether oxygens (including phenoxy) is 1. The van der Waals surface area contributed by atoms with E-state index in [9.17, 15) is 14.8 Å². The van der Waals surface area contributed by atoms with Crippen LogP contribution in [-0.4, -0.2) is 27.2 Å². The summed E-state index contributed by atoms with van der Waals surface area (Å²) in [5.41, 5.74) is 1.04. The van der Waals surface area contributed by atoms with E-state index in [0.29, 0.717) is 10.8 Å². The van der Waals surface area contributed by atoms with Crippen LogP contribution >= 0.6 is 11.3 Å². The molecule has 0 saturated carbocycles. The number of hydroxylamine groups is 1. The lowest BCUT2D eigenvalue weighted by Crippen LogP contribution is -2.27. The van der Waals surface area contributed by atoms with Crippen molar-refractivity contribution in [1.29, 1.82) is 0 Å². The predicted molar refractivity (Wildman–Crippen MR) is 96.5 cm³/mol. The molecular formula is C18H16N2O5S. The third-order valence-corrected chi connectivity index (χ3v) is 4.58. The van der Waals surface area contributed by atoms with Crippen molar-refractivity contribution in [2.45, 2.75) is 19.4 Å². The van der Waals surface area contributed by atoms with Crippen LogP contribution in [0.15, 0.2) is 48.5 Å². The molecule has 1 aromatic heterocycles. The number of carbonyl (C=O) groups excluding carboxylic acids is 1. The number of carboxylic acids is 1. The van der Waals surface area contributed by atoms with Crippen molar-refractivity contribution in [2.75, 3.05) is 5.06 Å². The van der Waals surface area contributed by atoms with Gasteiger partial charge >= 0.3 is 5.97 Å². The van der Waals surface area contributed by atoms with Gasteiger partial charge in [-0.3, -0.25) is 14.8 Å². The third kappa shape index (κ3) is 4.16. The number of para-hydroxylation sites is 3. The topological polar surface area (TPSA) is 100.0 Å². The first-order valence-corrected chi connectivity index (χ1v) is 8.66. The Morgan fingerprint density at radius 3 is 2.58 bits per heavy atom. The smallest absolute Gasteiger partial charge is 0.303 e. The molecule has 3 aromatic rings. The second-order valence-electron chi connectivity index (χ2n) is 5.43. The summed E-state index contributed by atoms with van der Waals surface area (Å²) in [5.74, 6) is -1.52. The molecule has 0 aliphatic carbocycles. The van der Waals surface area contributed by atoms with E-state index in [1.165, 1.54) is 17.4 Å². The van der Waals surface area contributed by atoms with Crippen LogP contribution in [0.4, 0.5) is 5.69 Å². The molecule has 0 radical (unpaired) electrons. The van der Waals surface area contributed by atoms with Gasteiger partial charge in [0.1, 0.15) is 23.1 Å². The van der Waals surface area contributed by atoms with Crippen molar-refractivity contribution >= 4 is 39.1 Å². The molecule has 0 saturated heterocycles. The van der Waals surface area contributed by atoms with Gasteiger partial charge in [0.2, 0.25) is 0 Å². The fourth-order valence-corrected chi connectivity index (χ4v) is 3.21. The van der Waals surface area contributed by atoms with E-state index < -0.39 is 11.9 Å². The normalized spacial score (nSPS) is 10.7. The van der Waals surface area contributed by atoms with Gasteiger partial charge in [0.05, 0.1) is 16.6 Å². The lowest BCUT2D eigenvalue weighted by molar-refractivity contribution is -0.139. The van der Waals surface area contributed by atoms with E-state index in [1.54, 1.807) is 18.2 Å². The number of nitrogens with zero attached hydrogens (tertiary/aromatic N) is 2. The minimum atomic E-state index is -1.10. The van der Waals surface area contributed by atoms with Crippen molar-refractivity contribution in [3.8, 4) is 5.75 Å². The van der Waals surface area contributed by atoms with Crippen LogP contribution in [0, 0.1) is 0 Å². The van der Waals surface area contributed by atoms with Gasteiger partial charge in [-0.05, 0) is 24.3 Å². The highest BCUT2D eigenvalue weighted by Gasteiger charge is 2.18. The minimum Gasteiger partial charge on any atom is -0.484 e. The fourth-order valence-electron chi connectivity index (χ4n) is 2.33. The van der Waals surface area contributed by atoms with Gasteiger partial charge in [-0.2, -0.15) is 5.06 Å². The highest BCUT2D eigenvalue weighted by atomic mass is 32.1. The Morgan fingerprint density at radius 2 is 1.81 bits per heavy atom. The van der Waals surface area contributed by atoms with E-state index in [-0.39, 0.29) is 25.1 Å². The Balaban J connectivity index is 1.72. The maximum atomic E-state index is 11.9. The highest BCUT2D eigenvalue weighted by molar-refractivity contribution is 7.18. The lowest BCUT2D eigenvalue weighted by atomic mass is 10.2. The molecule has 2 aromatic carbocycles. The van der Waals surface area contributed by atoms with Gasteiger partial charge in [0.25, 0.3) is 5.91 Å². The third-order valence-electron chi connectivity index (χ3n) is 3.57. The van der Waals surface area contributed by atoms with E-state index in [4.69, 9.17) is 9.84 Å². The highest BCUT2D eigenvalue weighted by Crippen LogP contribution is 2.29. The average Bonchev–Trinajstić information content (AvgIpc) is 3.07. The number of hydrogen-bond acceptors (Lipinski definition) is 6. The van der Waals surface area contributed by atoms with E-state index >= 15 is 0 Å². The first kappa shape index (κ1) is 17.8. The summed E-state index contributed by atoms with van der Waals surface area (Å²) in [5, 5.41) is 19.9. The van der Waals surface area contributed by atoms with Gasteiger partial charge in [-0.15, -0.1) is 11.3 Å². The number of aliphatic carboxylic acids is 1. The maximum Gasteiger partial charge on any atom is 0.303 e. The molecule has 0 bridgehead atoms. The van der Waals surface area contributed by atoms with Crippen LogP contribution in [0.1, 0.15) is 17.8 Å². The molecule has 7 nitrogen and oxygen atoms in total. The molecule has 0 atom stereocenters. The summed E-state index contributed by atoms with van der Waals surface area (Å²) in [6, 6.07) is 14.2. The van der Waals surface area contributed by atoms with Crippen molar-refractivity contribution in [1.82, 2.24) is 4.98 Å². The number of rotatable bonds is 7. The van der Waals surface area contributed by atoms with Crippen molar-refractivity contribution < 1.29 is 24.6 Å². The Labute approximate surface area is 153 Å². The van der Waals surface area contributed by atoms with E-state index in [1.807, 2.05) is 24.3 Å². The monoisotopic (exact) mass is 372 g/mol. The predicted octanol–water partition coefficient (Wildman–Crippen LogP) is 3.46. The van der Waals surface area contributed by atoms with Crippen LogP contribution in [0.5, 0.6) is 5.75 Å². The molecule has 1 heterocycles. The van der Waals surface area contributed by atoms with Crippen molar-refractivity contribution in [3.05, 3.63) is 53.5 Å². The maximum absolute atomic E-state index is 11.9. The Morgan fingerprint density at radius 1 is 1.08 bits per heavy atom. The summed E-state index contributed by atoms with van der Waals surface area (Å²) in [7, 11) is 0. The van der Waals surface area contributed by atoms with Crippen LogP contribution in [-0.2, 0) is 16.2 Å². The quantitative estimate of drug-likeness (QED) is 0.487. The molecular weight excluding hydrogens is 356 g/mol. The Kier molecular flexibility index (Phi) is 5.45.